The van der Waals surface area contributed by atoms with Gasteiger partial charge in [0, 0.05) is 33.3 Å². The highest BCUT2D eigenvalue weighted by Crippen LogP contribution is 2.33. The van der Waals surface area contributed by atoms with Crippen molar-refractivity contribution in [2.45, 2.75) is 6.54 Å². The predicted octanol–water partition coefficient (Wildman–Crippen LogP) is 1.41. The minimum Gasteiger partial charge on any atom is -0.507 e. The van der Waals surface area contributed by atoms with E-state index in [1.807, 2.05) is 38.2 Å². The molecule has 0 aliphatic carbocycles. The summed E-state index contributed by atoms with van der Waals surface area (Å²) in [6, 6.07) is 7.13. The van der Waals surface area contributed by atoms with E-state index in [-0.39, 0.29) is 11.6 Å². The number of rotatable bonds is 6. The van der Waals surface area contributed by atoms with Gasteiger partial charge in [-0.15, -0.1) is 0 Å². The molecule has 2 heterocycles. The van der Waals surface area contributed by atoms with Crippen molar-refractivity contribution in [3.63, 3.8) is 0 Å². The maximum absolute atomic E-state index is 10.7. The van der Waals surface area contributed by atoms with Gasteiger partial charge in [0.05, 0.1) is 23.1 Å². The number of pyridine rings is 1. The van der Waals surface area contributed by atoms with Crippen LogP contribution in [0.15, 0.2) is 35.0 Å². The maximum Gasteiger partial charge on any atom is 0.265 e. The molecule has 3 rings (SSSR count). The molecule has 0 atom stereocenters. The first kappa shape index (κ1) is 18.3. The lowest BCUT2D eigenvalue weighted by molar-refractivity contribution is 0.423. The van der Waals surface area contributed by atoms with Crippen LogP contribution in [0.2, 0.25) is 0 Å². The zero-order chi connectivity index (χ0) is 19.6. The largest absolute Gasteiger partial charge is 0.507 e. The molecule has 0 aliphatic heterocycles. The van der Waals surface area contributed by atoms with Gasteiger partial charge in [-0.25, -0.2) is 10.8 Å². The number of nitrogen functional groups attached to an aromatic ring is 2. The summed E-state index contributed by atoms with van der Waals surface area (Å²) in [7, 11) is 5.49. The molecule has 0 radical (unpaired) electrons. The standard InChI is InChI=1S/C17H22N8O2/c1-24(2)17-21-16(27-23-17)12-6-4-5-10(14(12)26)9-25(3)11-7-13(18)15(22-19)20-8-11/h4-8,26H,9,18-19H2,1-3H3,(H,20,22). The van der Waals surface area contributed by atoms with Crippen LogP contribution < -0.4 is 26.8 Å². The molecule has 10 heteroatoms. The first-order chi connectivity index (χ1) is 12.9. The van der Waals surface area contributed by atoms with E-state index in [0.717, 1.165) is 5.69 Å². The predicted molar refractivity (Wildman–Crippen MR) is 104 cm³/mol. The molecular weight excluding hydrogens is 348 g/mol. The highest BCUT2D eigenvalue weighted by molar-refractivity contribution is 5.68. The third-order valence-electron chi connectivity index (χ3n) is 4.05. The minimum atomic E-state index is 0.0829. The number of nitrogens with zero attached hydrogens (tertiary/aromatic N) is 5. The number of anilines is 4. The Hall–Kier alpha value is -3.53. The van der Waals surface area contributed by atoms with E-state index in [9.17, 15) is 5.11 Å². The van der Waals surface area contributed by atoms with Crippen LogP contribution in [0.25, 0.3) is 11.5 Å². The Morgan fingerprint density at radius 3 is 2.67 bits per heavy atom. The van der Waals surface area contributed by atoms with Gasteiger partial charge in [0.1, 0.15) is 5.75 Å². The molecule has 0 unspecified atom stereocenters. The van der Waals surface area contributed by atoms with E-state index < -0.39 is 0 Å². The molecule has 0 saturated carbocycles. The van der Waals surface area contributed by atoms with Crippen molar-refractivity contribution in [3.8, 4) is 17.2 Å². The second kappa shape index (κ2) is 7.38. The SMILES string of the molecule is CN(C)c1noc(-c2cccc(CN(C)c3cnc(NN)c(N)c3)c2O)n1. The number of aromatic hydroxyl groups is 1. The second-order valence-corrected chi connectivity index (χ2v) is 6.24. The topological polar surface area (TPSA) is 143 Å². The van der Waals surface area contributed by atoms with Gasteiger partial charge in [-0.2, -0.15) is 4.98 Å². The summed E-state index contributed by atoms with van der Waals surface area (Å²) >= 11 is 0. The molecule has 3 aromatic rings. The van der Waals surface area contributed by atoms with E-state index in [1.54, 1.807) is 23.2 Å². The number of hydrogen-bond acceptors (Lipinski definition) is 10. The average molecular weight is 370 g/mol. The van der Waals surface area contributed by atoms with Gasteiger partial charge in [-0.1, -0.05) is 12.1 Å². The van der Waals surface area contributed by atoms with E-state index in [4.69, 9.17) is 16.1 Å². The highest BCUT2D eigenvalue weighted by atomic mass is 16.5. The van der Waals surface area contributed by atoms with E-state index in [0.29, 0.717) is 35.1 Å². The van der Waals surface area contributed by atoms with Crippen LogP contribution in [0.5, 0.6) is 5.75 Å². The summed E-state index contributed by atoms with van der Waals surface area (Å²) in [6.45, 7) is 0.421. The number of phenols is 1. The van der Waals surface area contributed by atoms with Crippen molar-refractivity contribution >= 4 is 23.1 Å². The normalized spacial score (nSPS) is 10.7. The number of nitrogens with two attached hydrogens (primary N) is 2. The second-order valence-electron chi connectivity index (χ2n) is 6.24. The zero-order valence-electron chi connectivity index (χ0n) is 15.3. The Kier molecular flexibility index (Phi) is 4.99. The summed E-state index contributed by atoms with van der Waals surface area (Å²) in [6.07, 6.45) is 1.65. The molecular formula is C17H22N8O2. The smallest absolute Gasteiger partial charge is 0.265 e. The van der Waals surface area contributed by atoms with Gasteiger partial charge >= 0.3 is 0 Å². The lowest BCUT2D eigenvalue weighted by Crippen LogP contribution is -2.18. The van der Waals surface area contributed by atoms with Crippen molar-refractivity contribution in [2.75, 3.05) is 42.1 Å². The molecule has 0 amide bonds. The van der Waals surface area contributed by atoms with Crippen LogP contribution in [0.3, 0.4) is 0 Å². The van der Waals surface area contributed by atoms with Crippen molar-refractivity contribution in [2.24, 2.45) is 5.84 Å². The van der Waals surface area contributed by atoms with Crippen molar-refractivity contribution in [3.05, 3.63) is 36.0 Å². The van der Waals surface area contributed by atoms with Crippen molar-refractivity contribution in [1.82, 2.24) is 15.1 Å². The van der Waals surface area contributed by atoms with Gasteiger partial charge in [-0.05, 0) is 17.3 Å². The lowest BCUT2D eigenvalue weighted by atomic mass is 10.1. The lowest BCUT2D eigenvalue weighted by Gasteiger charge is -2.21. The molecule has 1 aromatic carbocycles. The Bertz CT molecular complexity index is 940. The summed E-state index contributed by atoms with van der Waals surface area (Å²) in [5.41, 5.74) is 10.7. The Morgan fingerprint density at radius 1 is 1.26 bits per heavy atom. The Balaban J connectivity index is 1.86. The molecule has 2 aromatic heterocycles. The zero-order valence-corrected chi connectivity index (χ0v) is 15.3. The van der Waals surface area contributed by atoms with Crippen LogP contribution in [0.4, 0.5) is 23.1 Å². The molecule has 0 aliphatic rings. The third-order valence-corrected chi connectivity index (χ3v) is 4.05. The van der Waals surface area contributed by atoms with E-state index in [2.05, 4.69) is 20.6 Å². The fourth-order valence-electron chi connectivity index (χ4n) is 2.54. The molecule has 0 saturated heterocycles. The molecule has 10 nitrogen and oxygen atoms in total. The quantitative estimate of drug-likeness (QED) is 0.371. The van der Waals surface area contributed by atoms with Gasteiger partial charge < -0.3 is 30.6 Å². The number of aromatic nitrogens is 3. The first-order valence-corrected chi connectivity index (χ1v) is 8.16. The number of benzene rings is 1. The average Bonchev–Trinajstić information content (AvgIpc) is 3.13. The summed E-state index contributed by atoms with van der Waals surface area (Å²) in [5.74, 6) is 6.53. The first-order valence-electron chi connectivity index (χ1n) is 8.16. The van der Waals surface area contributed by atoms with Crippen LogP contribution in [-0.2, 0) is 6.54 Å². The van der Waals surface area contributed by atoms with E-state index in [1.165, 1.54) is 0 Å². The van der Waals surface area contributed by atoms with Gasteiger partial charge in [0.2, 0.25) is 0 Å². The Morgan fingerprint density at radius 2 is 2.04 bits per heavy atom. The fraction of sp³-hybridized carbons (Fsp3) is 0.235. The number of hydrogen-bond donors (Lipinski definition) is 4. The fourth-order valence-corrected chi connectivity index (χ4v) is 2.54. The van der Waals surface area contributed by atoms with Gasteiger partial charge in [-0.3, -0.25) is 0 Å². The van der Waals surface area contributed by atoms with Crippen LogP contribution in [0, 0.1) is 0 Å². The Labute approximate surface area is 156 Å². The molecule has 0 spiro atoms. The monoisotopic (exact) mass is 370 g/mol. The van der Waals surface area contributed by atoms with E-state index >= 15 is 0 Å². The molecule has 6 N–H and O–H groups in total. The highest BCUT2D eigenvalue weighted by Gasteiger charge is 2.17. The molecule has 0 fully saturated rings. The minimum absolute atomic E-state index is 0.0829. The number of para-hydroxylation sites is 1. The molecule has 0 bridgehead atoms. The van der Waals surface area contributed by atoms with Gasteiger partial charge in [0.15, 0.2) is 5.82 Å². The van der Waals surface area contributed by atoms with Gasteiger partial charge in [0.25, 0.3) is 11.8 Å². The number of nitrogens with one attached hydrogen (secondary N) is 1. The number of phenolic OH excluding ortho intramolecular Hbond substituents is 1. The van der Waals surface area contributed by atoms with Crippen molar-refractivity contribution in [1.29, 1.82) is 0 Å². The van der Waals surface area contributed by atoms with Crippen LogP contribution >= 0.6 is 0 Å². The molecule has 27 heavy (non-hydrogen) atoms. The third kappa shape index (κ3) is 3.70. The number of hydrazine groups is 1. The van der Waals surface area contributed by atoms with Crippen LogP contribution in [-0.4, -0.2) is 41.4 Å². The van der Waals surface area contributed by atoms with Crippen LogP contribution in [0.1, 0.15) is 5.56 Å². The molecule has 142 valence electrons. The summed E-state index contributed by atoms with van der Waals surface area (Å²) in [4.78, 5) is 12.1. The van der Waals surface area contributed by atoms with Crippen molar-refractivity contribution < 1.29 is 9.63 Å². The summed E-state index contributed by atoms with van der Waals surface area (Å²) in [5, 5.41) is 14.6. The summed E-state index contributed by atoms with van der Waals surface area (Å²) < 4.78 is 5.26. The maximum atomic E-state index is 10.7.